The quantitative estimate of drug-likeness (QED) is 0.657. The molecular formula is C13H10N2O3. The van der Waals surface area contributed by atoms with Gasteiger partial charge in [-0.2, -0.15) is 5.26 Å². The molecule has 0 spiro atoms. The number of furan rings is 2. The Labute approximate surface area is 103 Å². The van der Waals surface area contributed by atoms with Gasteiger partial charge in [0.2, 0.25) is 0 Å². The van der Waals surface area contributed by atoms with Crippen molar-refractivity contribution in [3.63, 3.8) is 0 Å². The normalized spacial score (nSPS) is 10.9. The van der Waals surface area contributed by atoms with Crippen molar-refractivity contribution in [2.45, 2.75) is 6.54 Å². The molecule has 0 aliphatic carbocycles. The minimum Gasteiger partial charge on any atom is -0.467 e. The number of amides is 1. The van der Waals surface area contributed by atoms with Gasteiger partial charge in [0.1, 0.15) is 23.2 Å². The first-order chi connectivity index (χ1) is 8.79. The fourth-order valence-corrected chi connectivity index (χ4v) is 1.34. The van der Waals surface area contributed by atoms with E-state index < -0.39 is 5.91 Å². The van der Waals surface area contributed by atoms with Gasteiger partial charge in [-0.1, -0.05) is 0 Å². The van der Waals surface area contributed by atoms with E-state index >= 15 is 0 Å². The lowest BCUT2D eigenvalue weighted by Crippen LogP contribution is -2.23. The first-order valence-electron chi connectivity index (χ1n) is 5.25. The summed E-state index contributed by atoms with van der Waals surface area (Å²) in [5.74, 6) is 0.614. The van der Waals surface area contributed by atoms with Crippen molar-refractivity contribution in [3.05, 3.63) is 53.9 Å². The highest BCUT2D eigenvalue weighted by atomic mass is 16.3. The van der Waals surface area contributed by atoms with Crippen molar-refractivity contribution in [2.24, 2.45) is 0 Å². The maximum Gasteiger partial charge on any atom is 0.262 e. The molecule has 0 unspecified atom stereocenters. The van der Waals surface area contributed by atoms with E-state index in [0.717, 1.165) is 0 Å². The lowest BCUT2D eigenvalue weighted by molar-refractivity contribution is -0.117. The fourth-order valence-electron chi connectivity index (χ4n) is 1.34. The predicted octanol–water partition coefficient (Wildman–Crippen LogP) is 2.10. The van der Waals surface area contributed by atoms with Gasteiger partial charge >= 0.3 is 0 Å². The molecule has 18 heavy (non-hydrogen) atoms. The maximum atomic E-state index is 11.7. The van der Waals surface area contributed by atoms with Crippen LogP contribution in [-0.4, -0.2) is 5.91 Å². The molecule has 1 N–H and O–H groups in total. The molecule has 0 aliphatic rings. The van der Waals surface area contributed by atoms with Gasteiger partial charge in [0, 0.05) is 6.08 Å². The first kappa shape index (κ1) is 11.7. The molecule has 0 saturated heterocycles. The number of hydrogen-bond acceptors (Lipinski definition) is 4. The molecular weight excluding hydrogens is 232 g/mol. The molecule has 5 nitrogen and oxygen atoms in total. The Hall–Kier alpha value is -2.74. The Bertz CT molecular complexity index is 574. The molecule has 0 radical (unpaired) electrons. The zero-order valence-electron chi connectivity index (χ0n) is 9.42. The van der Waals surface area contributed by atoms with Gasteiger partial charge in [-0.3, -0.25) is 4.79 Å². The third kappa shape index (κ3) is 2.89. The molecule has 0 atom stereocenters. The summed E-state index contributed by atoms with van der Waals surface area (Å²) in [6.45, 7) is 0.239. The SMILES string of the molecule is N#CC(=Cc1ccco1)C(=O)NCc1ccco1. The fraction of sp³-hybridized carbons (Fsp3) is 0.0769. The van der Waals surface area contributed by atoms with Crippen LogP contribution in [0, 0.1) is 11.3 Å². The minimum atomic E-state index is -0.467. The van der Waals surface area contributed by atoms with E-state index in [2.05, 4.69) is 5.32 Å². The first-order valence-corrected chi connectivity index (χ1v) is 5.25. The van der Waals surface area contributed by atoms with E-state index in [1.165, 1.54) is 18.6 Å². The molecule has 0 bridgehead atoms. The van der Waals surface area contributed by atoms with E-state index in [0.29, 0.717) is 11.5 Å². The highest BCUT2D eigenvalue weighted by molar-refractivity contribution is 6.01. The zero-order valence-corrected chi connectivity index (χ0v) is 9.42. The molecule has 2 rings (SSSR count). The number of rotatable bonds is 4. The summed E-state index contributed by atoms with van der Waals surface area (Å²) in [6.07, 6.45) is 4.38. The number of nitrogens with zero attached hydrogens (tertiary/aromatic N) is 1. The van der Waals surface area contributed by atoms with Crippen LogP contribution in [0.15, 0.2) is 51.2 Å². The molecule has 0 aromatic carbocycles. The lowest BCUT2D eigenvalue weighted by atomic mass is 10.2. The van der Waals surface area contributed by atoms with Crippen molar-refractivity contribution in [1.29, 1.82) is 5.26 Å². The average molecular weight is 242 g/mol. The number of hydrogen-bond donors (Lipinski definition) is 1. The van der Waals surface area contributed by atoms with E-state index in [4.69, 9.17) is 14.1 Å². The standard InChI is InChI=1S/C13H10N2O3/c14-8-10(7-11-3-1-5-17-11)13(16)15-9-12-4-2-6-18-12/h1-7H,9H2,(H,15,16). The molecule has 2 aromatic heterocycles. The summed E-state index contributed by atoms with van der Waals surface area (Å²) in [6, 6.07) is 8.64. The van der Waals surface area contributed by atoms with E-state index in [9.17, 15) is 4.79 Å². The molecule has 0 fully saturated rings. The van der Waals surface area contributed by atoms with Crippen LogP contribution in [0.1, 0.15) is 11.5 Å². The van der Waals surface area contributed by atoms with E-state index in [1.807, 2.05) is 6.07 Å². The van der Waals surface area contributed by atoms with Crippen LogP contribution in [0.5, 0.6) is 0 Å². The Kier molecular flexibility index (Phi) is 3.62. The predicted molar refractivity (Wildman–Crippen MR) is 62.9 cm³/mol. The topological polar surface area (TPSA) is 79.2 Å². The second-order valence-electron chi connectivity index (χ2n) is 3.45. The van der Waals surface area contributed by atoms with Gasteiger partial charge in [0.05, 0.1) is 19.1 Å². The van der Waals surface area contributed by atoms with E-state index in [-0.39, 0.29) is 12.1 Å². The third-order valence-electron chi connectivity index (χ3n) is 2.20. The van der Waals surface area contributed by atoms with Gasteiger partial charge in [-0.25, -0.2) is 0 Å². The summed E-state index contributed by atoms with van der Waals surface area (Å²) in [4.78, 5) is 11.7. The number of carbonyl (C=O) groups is 1. The van der Waals surface area contributed by atoms with Crippen LogP contribution in [0.25, 0.3) is 6.08 Å². The Morgan fingerprint density at radius 2 is 2.11 bits per heavy atom. The lowest BCUT2D eigenvalue weighted by Gasteiger charge is -2.00. The summed E-state index contributed by atoms with van der Waals surface area (Å²) in [5, 5.41) is 11.5. The highest BCUT2D eigenvalue weighted by Gasteiger charge is 2.09. The molecule has 90 valence electrons. The highest BCUT2D eigenvalue weighted by Crippen LogP contribution is 2.07. The van der Waals surface area contributed by atoms with Gasteiger partial charge in [-0.05, 0) is 24.3 Å². The van der Waals surface area contributed by atoms with Crippen LogP contribution in [-0.2, 0) is 11.3 Å². The van der Waals surface area contributed by atoms with Crippen LogP contribution >= 0.6 is 0 Å². The van der Waals surface area contributed by atoms with Crippen molar-refractivity contribution in [2.75, 3.05) is 0 Å². The van der Waals surface area contributed by atoms with Crippen molar-refractivity contribution < 1.29 is 13.6 Å². The van der Waals surface area contributed by atoms with Gasteiger partial charge in [0.25, 0.3) is 5.91 Å². The van der Waals surface area contributed by atoms with Crippen molar-refractivity contribution in [1.82, 2.24) is 5.32 Å². The Morgan fingerprint density at radius 1 is 1.33 bits per heavy atom. The van der Waals surface area contributed by atoms with Gasteiger partial charge < -0.3 is 14.2 Å². The minimum absolute atomic E-state index is 0.0171. The molecule has 5 heteroatoms. The molecule has 0 saturated carbocycles. The third-order valence-corrected chi connectivity index (χ3v) is 2.20. The number of carbonyl (C=O) groups excluding carboxylic acids is 1. The molecule has 0 aliphatic heterocycles. The second-order valence-corrected chi connectivity index (χ2v) is 3.45. The summed E-state index contributed by atoms with van der Waals surface area (Å²) in [5.41, 5.74) is -0.0171. The van der Waals surface area contributed by atoms with Crippen LogP contribution < -0.4 is 5.32 Å². The largest absolute Gasteiger partial charge is 0.467 e. The van der Waals surface area contributed by atoms with Crippen LogP contribution in [0.4, 0.5) is 0 Å². The Morgan fingerprint density at radius 3 is 2.72 bits per heavy atom. The smallest absolute Gasteiger partial charge is 0.262 e. The monoisotopic (exact) mass is 242 g/mol. The summed E-state index contributed by atoms with van der Waals surface area (Å²) in [7, 11) is 0. The Balaban J connectivity index is 2.00. The average Bonchev–Trinajstić information content (AvgIpc) is 3.06. The zero-order chi connectivity index (χ0) is 12.8. The van der Waals surface area contributed by atoms with Crippen molar-refractivity contribution in [3.8, 4) is 6.07 Å². The maximum absolute atomic E-state index is 11.7. The summed E-state index contributed by atoms with van der Waals surface area (Å²) >= 11 is 0. The molecule has 2 heterocycles. The van der Waals surface area contributed by atoms with Crippen LogP contribution in [0.2, 0.25) is 0 Å². The molecule has 1 amide bonds. The van der Waals surface area contributed by atoms with Gasteiger partial charge in [-0.15, -0.1) is 0 Å². The second kappa shape index (κ2) is 5.55. The molecule has 2 aromatic rings. The van der Waals surface area contributed by atoms with E-state index in [1.54, 1.807) is 24.3 Å². The number of nitriles is 1. The number of nitrogens with one attached hydrogen (secondary N) is 1. The van der Waals surface area contributed by atoms with Crippen molar-refractivity contribution >= 4 is 12.0 Å². The van der Waals surface area contributed by atoms with Crippen LogP contribution in [0.3, 0.4) is 0 Å². The summed E-state index contributed by atoms with van der Waals surface area (Å²) < 4.78 is 10.1. The van der Waals surface area contributed by atoms with Gasteiger partial charge in [0.15, 0.2) is 0 Å².